The monoisotopic (exact) mass is 244 g/mol. The van der Waals surface area contributed by atoms with Crippen molar-refractivity contribution in [3.05, 3.63) is 42.0 Å². The van der Waals surface area contributed by atoms with Gasteiger partial charge in [0, 0.05) is 11.6 Å². The lowest BCUT2D eigenvalue weighted by molar-refractivity contribution is 0.334. The van der Waals surface area contributed by atoms with E-state index >= 15 is 0 Å². The summed E-state index contributed by atoms with van der Waals surface area (Å²) in [6.45, 7) is 3.20. The molecule has 0 radical (unpaired) electrons. The number of rotatable bonds is 5. The fourth-order valence-corrected chi connectivity index (χ4v) is 2.26. The Bertz CT molecular complexity index is 525. The van der Waals surface area contributed by atoms with E-state index in [1.54, 1.807) is 0 Å². The zero-order valence-corrected chi connectivity index (χ0v) is 10.7. The van der Waals surface area contributed by atoms with E-state index in [1.165, 1.54) is 5.39 Å². The Balaban J connectivity index is 2.58. The molecule has 0 aliphatic rings. The molecule has 4 N–H and O–H groups in total. The Hall–Kier alpha value is -1.58. The third-order valence-electron chi connectivity index (χ3n) is 3.08. The van der Waals surface area contributed by atoms with E-state index in [9.17, 15) is 0 Å². The van der Waals surface area contributed by atoms with Crippen LogP contribution >= 0.6 is 0 Å². The lowest BCUT2D eigenvalue weighted by Crippen LogP contribution is -2.17. The summed E-state index contributed by atoms with van der Waals surface area (Å²) in [5, 5.41) is 2.34. The van der Waals surface area contributed by atoms with Gasteiger partial charge in [0.05, 0.1) is 6.61 Å². The average Bonchev–Trinajstić information content (AvgIpc) is 2.39. The highest BCUT2D eigenvalue weighted by atomic mass is 16.5. The van der Waals surface area contributed by atoms with Crippen LogP contribution < -0.4 is 16.2 Å². The summed E-state index contributed by atoms with van der Waals surface area (Å²) in [6, 6.07) is 12.2. The van der Waals surface area contributed by atoms with Crippen LogP contribution in [0.1, 0.15) is 24.9 Å². The quantitative estimate of drug-likeness (QED) is 0.849. The van der Waals surface area contributed by atoms with Gasteiger partial charge >= 0.3 is 0 Å². The molecular formula is C15H20N2O. The van der Waals surface area contributed by atoms with Crippen LogP contribution in [0, 0.1) is 0 Å². The van der Waals surface area contributed by atoms with Crippen LogP contribution in [-0.2, 0) is 0 Å². The van der Waals surface area contributed by atoms with E-state index in [2.05, 4.69) is 18.2 Å². The molecule has 3 nitrogen and oxygen atoms in total. The molecule has 0 saturated heterocycles. The molecule has 0 heterocycles. The molecule has 2 aromatic carbocycles. The summed E-state index contributed by atoms with van der Waals surface area (Å²) in [7, 11) is 0. The largest absolute Gasteiger partial charge is 0.494 e. The van der Waals surface area contributed by atoms with Crippen molar-refractivity contribution in [1.82, 2.24) is 0 Å². The highest BCUT2D eigenvalue weighted by Crippen LogP contribution is 2.33. The fraction of sp³-hybridized carbons (Fsp3) is 0.333. The molecule has 1 atom stereocenters. The molecule has 0 spiro atoms. The van der Waals surface area contributed by atoms with E-state index in [0.29, 0.717) is 13.2 Å². The smallest absolute Gasteiger partial charge is 0.124 e. The molecule has 0 unspecified atom stereocenters. The summed E-state index contributed by atoms with van der Waals surface area (Å²) in [5.74, 6) is 0.872. The summed E-state index contributed by atoms with van der Waals surface area (Å²) in [5.41, 5.74) is 12.9. The number of benzene rings is 2. The molecule has 96 valence electrons. The Morgan fingerprint density at radius 2 is 1.94 bits per heavy atom. The first-order chi connectivity index (χ1) is 8.77. The van der Waals surface area contributed by atoms with E-state index in [-0.39, 0.29) is 6.04 Å². The standard InChI is InChI=1S/C15H20N2O/c1-2-18-14-8-7-11-5-3-4-6-12(11)15(14)13(17)9-10-16/h3-8,13H,2,9-10,16-17H2,1H3/t13-/m1/s1. The van der Waals surface area contributed by atoms with Crippen molar-refractivity contribution in [3.63, 3.8) is 0 Å². The van der Waals surface area contributed by atoms with Crippen LogP contribution in [0.3, 0.4) is 0 Å². The summed E-state index contributed by atoms with van der Waals surface area (Å²) < 4.78 is 5.69. The molecule has 0 bridgehead atoms. The van der Waals surface area contributed by atoms with Crippen LogP contribution in [0.15, 0.2) is 36.4 Å². The Labute approximate surface area is 108 Å². The molecule has 0 aromatic heterocycles. The van der Waals surface area contributed by atoms with Gasteiger partial charge in [0.1, 0.15) is 5.75 Å². The maximum absolute atomic E-state index is 6.24. The van der Waals surface area contributed by atoms with Crippen molar-refractivity contribution in [1.29, 1.82) is 0 Å². The van der Waals surface area contributed by atoms with Gasteiger partial charge < -0.3 is 16.2 Å². The predicted molar refractivity (Wildman–Crippen MR) is 75.7 cm³/mol. The van der Waals surface area contributed by atoms with E-state index in [0.717, 1.165) is 23.1 Å². The van der Waals surface area contributed by atoms with Crippen LogP contribution in [0.2, 0.25) is 0 Å². The molecule has 0 fully saturated rings. The lowest BCUT2D eigenvalue weighted by Gasteiger charge is -2.18. The van der Waals surface area contributed by atoms with Crippen LogP contribution in [0.5, 0.6) is 5.75 Å². The van der Waals surface area contributed by atoms with Gasteiger partial charge in [-0.2, -0.15) is 0 Å². The highest BCUT2D eigenvalue weighted by molar-refractivity contribution is 5.88. The van der Waals surface area contributed by atoms with E-state index in [1.807, 2.05) is 25.1 Å². The van der Waals surface area contributed by atoms with Gasteiger partial charge in [-0.3, -0.25) is 0 Å². The van der Waals surface area contributed by atoms with Gasteiger partial charge in [-0.1, -0.05) is 30.3 Å². The van der Waals surface area contributed by atoms with Gasteiger partial charge in [0.25, 0.3) is 0 Å². The molecule has 18 heavy (non-hydrogen) atoms. The van der Waals surface area contributed by atoms with E-state index in [4.69, 9.17) is 16.2 Å². The first-order valence-electron chi connectivity index (χ1n) is 6.38. The van der Waals surface area contributed by atoms with Gasteiger partial charge in [0.2, 0.25) is 0 Å². The molecular weight excluding hydrogens is 224 g/mol. The maximum atomic E-state index is 6.24. The minimum absolute atomic E-state index is 0.0809. The van der Waals surface area contributed by atoms with Gasteiger partial charge in [-0.05, 0) is 36.7 Å². The second-order valence-corrected chi connectivity index (χ2v) is 4.32. The van der Waals surface area contributed by atoms with Crippen LogP contribution in [-0.4, -0.2) is 13.2 Å². The van der Waals surface area contributed by atoms with Crippen molar-refractivity contribution in [2.45, 2.75) is 19.4 Å². The normalized spacial score (nSPS) is 12.6. The first-order valence-corrected chi connectivity index (χ1v) is 6.38. The molecule has 2 rings (SSSR count). The molecule has 0 saturated carbocycles. The second-order valence-electron chi connectivity index (χ2n) is 4.32. The van der Waals surface area contributed by atoms with Crippen LogP contribution in [0.4, 0.5) is 0 Å². The minimum Gasteiger partial charge on any atom is -0.494 e. The Morgan fingerprint density at radius 1 is 1.17 bits per heavy atom. The summed E-state index contributed by atoms with van der Waals surface area (Å²) in [4.78, 5) is 0. The fourth-order valence-electron chi connectivity index (χ4n) is 2.26. The zero-order chi connectivity index (χ0) is 13.0. The van der Waals surface area contributed by atoms with Gasteiger partial charge in [-0.25, -0.2) is 0 Å². The third-order valence-corrected chi connectivity index (χ3v) is 3.08. The minimum atomic E-state index is -0.0809. The van der Waals surface area contributed by atoms with Gasteiger partial charge in [-0.15, -0.1) is 0 Å². The number of hydrogen-bond acceptors (Lipinski definition) is 3. The molecule has 0 aliphatic carbocycles. The molecule has 3 heteroatoms. The van der Waals surface area contributed by atoms with Crippen molar-refractivity contribution in [3.8, 4) is 5.75 Å². The zero-order valence-electron chi connectivity index (χ0n) is 10.7. The number of hydrogen-bond donors (Lipinski definition) is 2. The third kappa shape index (κ3) is 2.47. The van der Waals surface area contributed by atoms with Crippen molar-refractivity contribution in [2.24, 2.45) is 11.5 Å². The van der Waals surface area contributed by atoms with Crippen LogP contribution in [0.25, 0.3) is 10.8 Å². The predicted octanol–water partition coefficient (Wildman–Crippen LogP) is 2.59. The van der Waals surface area contributed by atoms with E-state index < -0.39 is 0 Å². The second kappa shape index (κ2) is 5.85. The molecule has 0 amide bonds. The van der Waals surface area contributed by atoms with Gasteiger partial charge in [0.15, 0.2) is 0 Å². The van der Waals surface area contributed by atoms with Crippen molar-refractivity contribution < 1.29 is 4.74 Å². The van der Waals surface area contributed by atoms with Crippen molar-refractivity contribution >= 4 is 10.8 Å². The topological polar surface area (TPSA) is 61.3 Å². The number of ether oxygens (including phenoxy) is 1. The lowest BCUT2D eigenvalue weighted by atomic mass is 9.96. The Kier molecular flexibility index (Phi) is 4.18. The molecule has 0 aliphatic heterocycles. The number of nitrogens with two attached hydrogens (primary N) is 2. The SMILES string of the molecule is CCOc1ccc2ccccc2c1[C@H](N)CCN. The van der Waals surface area contributed by atoms with Crippen molar-refractivity contribution in [2.75, 3.05) is 13.2 Å². The first kappa shape index (κ1) is 12.9. The maximum Gasteiger partial charge on any atom is 0.124 e. The average molecular weight is 244 g/mol. The number of fused-ring (bicyclic) bond motifs is 1. The summed E-state index contributed by atoms with van der Waals surface area (Å²) in [6.07, 6.45) is 0.758. The molecule has 2 aromatic rings. The highest BCUT2D eigenvalue weighted by Gasteiger charge is 2.15. The Morgan fingerprint density at radius 3 is 2.67 bits per heavy atom. The summed E-state index contributed by atoms with van der Waals surface area (Å²) >= 11 is 0.